The fraction of sp³-hybridized carbons (Fsp3) is 0.562. The van der Waals surface area contributed by atoms with Crippen molar-refractivity contribution in [2.75, 3.05) is 33.0 Å². The van der Waals surface area contributed by atoms with Crippen LogP contribution in [0, 0.1) is 0 Å². The Balaban J connectivity index is 0.00000312. The van der Waals surface area contributed by atoms with Gasteiger partial charge in [-0.15, -0.1) is 12.4 Å². The van der Waals surface area contributed by atoms with Gasteiger partial charge in [0.1, 0.15) is 0 Å². The number of carbonyl (C=O) groups excluding carboxylic acids is 1. The van der Waals surface area contributed by atoms with Gasteiger partial charge in [0.15, 0.2) is 14.6 Å². The molecular formula is C16H24Cl2N2O4S. The Morgan fingerprint density at radius 1 is 1.40 bits per heavy atom. The van der Waals surface area contributed by atoms with Crippen LogP contribution in [0.5, 0.6) is 0 Å². The highest BCUT2D eigenvalue weighted by molar-refractivity contribution is 7.92. The Kier molecular flexibility index (Phi) is 8.15. The van der Waals surface area contributed by atoms with Crippen LogP contribution in [0.15, 0.2) is 24.3 Å². The largest absolute Gasteiger partial charge is 0.375 e. The molecule has 2 N–H and O–H groups in total. The van der Waals surface area contributed by atoms with Gasteiger partial charge in [-0.05, 0) is 43.6 Å². The normalized spacial score (nSPS) is 18.0. The molecule has 1 fully saturated rings. The van der Waals surface area contributed by atoms with Crippen LogP contribution in [-0.4, -0.2) is 52.1 Å². The topological polar surface area (TPSA) is 84.5 Å². The standard InChI is InChI=1S/C16H23ClN2O4S.ClH/c1-23-14(12-4-3-5-13(17)10-12)11-19-15(20)16(24(2,21)22)6-8-18-9-7-16;/h3-5,10,14,18H,6-9,11H2,1-2H3,(H,19,20);1H. The molecule has 6 nitrogen and oxygen atoms in total. The molecule has 0 spiro atoms. The second-order valence-electron chi connectivity index (χ2n) is 6.01. The van der Waals surface area contributed by atoms with E-state index >= 15 is 0 Å². The lowest BCUT2D eigenvalue weighted by Gasteiger charge is -2.34. The summed E-state index contributed by atoms with van der Waals surface area (Å²) in [4.78, 5) is 12.7. The summed E-state index contributed by atoms with van der Waals surface area (Å²) >= 11 is 5.98. The van der Waals surface area contributed by atoms with Gasteiger partial charge in [0, 0.05) is 24.9 Å². The lowest BCUT2D eigenvalue weighted by atomic mass is 9.95. The third-order valence-corrected chi connectivity index (χ3v) is 6.74. The first-order chi connectivity index (χ1) is 11.3. The van der Waals surface area contributed by atoms with E-state index in [4.69, 9.17) is 16.3 Å². The van der Waals surface area contributed by atoms with E-state index in [0.29, 0.717) is 18.1 Å². The van der Waals surface area contributed by atoms with Crippen molar-refractivity contribution < 1.29 is 17.9 Å². The maximum atomic E-state index is 12.7. The number of nitrogens with one attached hydrogen (secondary N) is 2. The minimum atomic E-state index is -3.53. The van der Waals surface area contributed by atoms with Gasteiger partial charge in [-0.25, -0.2) is 8.42 Å². The van der Waals surface area contributed by atoms with Gasteiger partial charge in [-0.3, -0.25) is 4.79 Å². The molecule has 0 saturated carbocycles. The van der Waals surface area contributed by atoms with Gasteiger partial charge >= 0.3 is 0 Å². The Bertz CT molecular complexity index is 691. The summed E-state index contributed by atoms with van der Waals surface area (Å²) in [6.07, 6.45) is 1.27. The van der Waals surface area contributed by atoms with Crippen molar-refractivity contribution in [3.05, 3.63) is 34.9 Å². The van der Waals surface area contributed by atoms with E-state index < -0.39 is 26.6 Å². The average molecular weight is 411 g/mol. The molecule has 1 unspecified atom stereocenters. The minimum Gasteiger partial charge on any atom is -0.375 e. The molecule has 1 atom stereocenters. The van der Waals surface area contributed by atoms with Crippen LogP contribution >= 0.6 is 24.0 Å². The number of sulfone groups is 1. The van der Waals surface area contributed by atoms with E-state index in [1.807, 2.05) is 6.07 Å². The van der Waals surface area contributed by atoms with Crippen molar-refractivity contribution in [1.29, 1.82) is 0 Å². The van der Waals surface area contributed by atoms with E-state index in [1.54, 1.807) is 18.2 Å². The van der Waals surface area contributed by atoms with E-state index in [2.05, 4.69) is 10.6 Å². The molecule has 25 heavy (non-hydrogen) atoms. The Labute approximate surface area is 160 Å². The molecule has 1 saturated heterocycles. The molecule has 9 heteroatoms. The van der Waals surface area contributed by atoms with Crippen molar-refractivity contribution in [2.45, 2.75) is 23.7 Å². The van der Waals surface area contributed by atoms with Crippen molar-refractivity contribution in [2.24, 2.45) is 0 Å². The maximum absolute atomic E-state index is 12.7. The number of amides is 1. The van der Waals surface area contributed by atoms with Crippen molar-refractivity contribution >= 4 is 39.8 Å². The zero-order chi connectivity index (χ0) is 17.8. The molecule has 1 aliphatic heterocycles. The summed E-state index contributed by atoms with van der Waals surface area (Å²) in [5.74, 6) is -0.462. The number of piperidine rings is 1. The number of methoxy groups -OCH3 is 1. The quantitative estimate of drug-likeness (QED) is 0.745. The number of carbonyl (C=O) groups is 1. The third-order valence-electron chi connectivity index (χ3n) is 4.49. The SMILES string of the molecule is COC(CNC(=O)C1(S(C)(=O)=O)CCNCC1)c1cccc(Cl)c1.Cl. The molecule has 1 heterocycles. The highest BCUT2D eigenvalue weighted by Gasteiger charge is 2.48. The fourth-order valence-corrected chi connectivity index (χ4v) is 4.54. The number of halogens is 2. The van der Waals surface area contributed by atoms with Gasteiger partial charge in [0.2, 0.25) is 5.91 Å². The number of hydrogen-bond acceptors (Lipinski definition) is 5. The summed E-state index contributed by atoms with van der Waals surface area (Å²) in [5.41, 5.74) is 0.823. The van der Waals surface area contributed by atoms with Crippen LogP contribution in [0.25, 0.3) is 0 Å². The van der Waals surface area contributed by atoms with Gasteiger partial charge in [0.25, 0.3) is 0 Å². The average Bonchev–Trinajstić information content (AvgIpc) is 2.55. The van der Waals surface area contributed by atoms with Crippen LogP contribution in [0.4, 0.5) is 0 Å². The molecule has 0 bridgehead atoms. The van der Waals surface area contributed by atoms with E-state index in [-0.39, 0.29) is 31.8 Å². The zero-order valence-electron chi connectivity index (χ0n) is 14.2. The first-order valence-corrected chi connectivity index (χ1v) is 10.0. The minimum absolute atomic E-state index is 0. The molecule has 0 aliphatic carbocycles. The van der Waals surface area contributed by atoms with E-state index in [0.717, 1.165) is 11.8 Å². The predicted molar refractivity (Wildman–Crippen MR) is 101 cm³/mol. The Hall–Kier alpha value is -0.860. The number of benzene rings is 1. The number of hydrogen-bond donors (Lipinski definition) is 2. The summed E-state index contributed by atoms with van der Waals surface area (Å²) in [6.45, 7) is 1.19. The van der Waals surface area contributed by atoms with Gasteiger partial charge in [-0.1, -0.05) is 23.7 Å². The van der Waals surface area contributed by atoms with Gasteiger partial charge in [0.05, 0.1) is 6.10 Å². The molecule has 1 aromatic carbocycles. The molecule has 1 aromatic rings. The van der Waals surface area contributed by atoms with Crippen LogP contribution in [0.1, 0.15) is 24.5 Å². The molecular weight excluding hydrogens is 387 g/mol. The smallest absolute Gasteiger partial charge is 0.241 e. The summed E-state index contributed by atoms with van der Waals surface area (Å²) in [7, 11) is -1.99. The van der Waals surface area contributed by atoms with Crippen LogP contribution in [-0.2, 0) is 19.4 Å². The van der Waals surface area contributed by atoms with Crippen molar-refractivity contribution in [1.82, 2.24) is 10.6 Å². The van der Waals surface area contributed by atoms with Crippen molar-refractivity contribution in [3.63, 3.8) is 0 Å². The Morgan fingerprint density at radius 2 is 2.04 bits per heavy atom. The number of rotatable bonds is 6. The number of ether oxygens (including phenoxy) is 1. The second-order valence-corrected chi connectivity index (χ2v) is 8.77. The van der Waals surface area contributed by atoms with Gasteiger partial charge in [-0.2, -0.15) is 0 Å². The van der Waals surface area contributed by atoms with Crippen LogP contribution < -0.4 is 10.6 Å². The summed E-state index contributed by atoms with van der Waals surface area (Å²) < 4.78 is 28.5. The molecule has 1 amide bonds. The summed E-state index contributed by atoms with van der Waals surface area (Å²) in [5, 5.41) is 6.42. The third kappa shape index (κ3) is 5.08. The monoisotopic (exact) mass is 410 g/mol. The summed E-state index contributed by atoms with van der Waals surface area (Å²) in [6, 6.07) is 7.17. The lowest BCUT2D eigenvalue weighted by molar-refractivity contribution is -0.124. The van der Waals surface area contributed by atoms with E-state index in [1.165, 1.54) is 7.11 Å². The van der Waals surface area contributed by atoms with Crippen LogP contribution in [0.3, 0.4) is 0 Å². The maximum Gasteiger partial charge on any atom is 0.241 e. The molecule has 2 rings (SSSR count). The van der Waals surface area contributed by atoms with Gasteiger partial charge < -0.3 is 15.4 Å². The lowest BCUT2D eigenvalue weighted by Crippen LogP contribution is -2.57. The Morgan fingerprint density at radius 3 is 2.56 bits per heavy atom. The molecule has 1 aliphatic rings. The molecule has 0 aromatic heterocycles. The van der Waals surface area contributed by atoms with Crippen molar-refractivity contribution in [3.8, 4) is 0 Å². The molecule has 142 valence electrons. The fourth-order valence-electron chi connectivity index (χ4n) is 2.99. The first kappa shape index (κ1) is 22.2. The van der Waals surface area contributed by atoms with Crippen LogP contribution in [0.2, 0.25) is 5.02 Å². The highest BCUT2D eigenvalue weighted by atomic mass is 35.5. The second kappa shape index (κ2) is 9.19. The zero-order valence-corrected chi connectivity index (χ0v) is 16.6. The van der Waals surface area contributed by atoms with E-state index in [9.17, 15) is 13.2 Å². The first-order valence-electron chi connectivity index (χ1n) is 7.77. The highest BCUT2D eigenvalue weighted by Crippen LogP contribution is 2.28. The predicted octanol–water partition coefficient (Wildman–Crippen LogP) is 1.73. The molecule has 0 radical (unpaired) electrons.